The highest BCUT2D eigenvalue weighted by Crippen LogP contribution is 2.33. The van der Waals surface area contributed by atoms with E-state index in [2.05, 4.69) is 10.4 Å². The second-order valence-electron chi connectivity index (χ2n) is 6.58. The van der Waals surface area contributed by atoms with E-state index in [1.54, 1.807) is 11.8 Å². The predicted molar refractivity (Wildman–Crippen MR) is 96.3 cm³/mol. The molecule has 2 aromatic rings. The molecule has 1 fully saturated rings. The zero-order chi connectivity index (χ0) is 17.4. The summed E-state index contributed by atoms with van der Waals surface area (Å²) < 4.78 is 18.9. The Morgan fingerprint density at radius 2 is 1.96 bits per heavy atom. The van der Waals surface area contributed by atoms with Crippen LogP contribution in [0.4, 0.5) is 5.82 Å². The number of methoxy groups -OCH3 is 1. The number of ether oxygens (including phenoxy) is 1. The Hall–Kier alpha value is -2.15. The van der Waals surface area contributed by atoms with Gasteiger partial charge in [0.1, 0.15) is 11.6 Å². The van der Waals surface area contributed by atoms with Crippen LogP contribution < -0.4 is 10.1 Å². The Labute approximate surface area is 149 Å². The summed E-state index contributed by atoms with van der Waals surface area (Å²) in [5.74, 6) is 2.45. The van der Waals surface area contributed by atoms with Crippen molar-refractivity contribution >= 4 is 22.5 Å². The molecule has 1 atom stereocenters. The number of carbonyl (C=O) groups excluding carboxylic acids is 1. The zero-order valence-corrected chi connectivity index (χ0v) is 15.0. The van der Waals surface area contributed by atoms with Gasteiger partial charge >= 0.3 is 0 Å². The van der Waals surface area contributed by atoms with Crippen LogP contribution in [0.1, 0.15) is 36.9 Å². The molecule has 132 valence electrons. The summed E-state index contributed by atoms with van der Waals surface area (Å²) in [5.41, 5.74) is 2.57. The molecule has 1 aromatic heterocycles. The van der Waals surface area contributed by atoms with Gasteiger partial charge in [-0.1, -0.05) is 12.8 Å². The molecule has 1 aromatic carbocycles. The minimum atomic E-state index is -0.932. The Kier molecular flexibility index (Phi) is 4.33. The predicted octanol–water partition coefficient (Wildman–Crippen LogP) is 2.77. The molecule has 1 amide bonds. The van der Waals surface area contributed by atoms with Crippen LogP contribution in [-0.2, 0) is 27.1 Å². The van der Waals surface area contributed by atoms with Gasteiger partial charge in [-0.2, -0.15) is 5.10 Å². The van der Waals surface area contributed by atoms with Crippen molar-refractivity contribution in [3.05, 3.63) is 35.5 Å². The van der Waals surface area contributed by atoms with Crippen molar-refractivity contribution in [1.82, 2.24) is 9.78 Å². The smallest absolute Gasteiger partial charge is 0.228 e. The molecule has 0 unspecified atom stereocenters. The maximum absolute atomic E-state index is 12.6. The van der Waals surface area contributed by atoms with Gasteiger partial charge in [0.05, 0.1) is 30.0 Å². The van der Waals surface area contributed by atoms with Crippen molar-refractivity contribution in [3.63, 3.8) is 0 Å². The zero-order valence-electron chi connectivity index (χ0n) is 14.2. The topological polar surface area (TPSA) is 73.2 Å². The Bertz CT molecular complexity index is 823. The van der Waals surface area contributed by atoms with E-state index in [-0.39, 0.29) is 11.8 Å². The van der Waals surface area contributed by atoms with Gasteiger partial charge in [-0.05, 0) is 37.1 Å². The van der Waals surface area contributed by atoms with E-state index < -0.39 is 10.8 Å². The van der Waals surface area contributed by atoms with Gasteiger partial charge in [0.2, 0.25) is 5.91 Å². The van der Waals surface area contributed by atoms with Crippen LogP contribution in [0.5, 0.6) is 5.75 Å². The first-order valence-corrected chi connectivity index (χ1v) is 10.1. The van der Waals surface area contributed by atoms with Crippen LogP contribution in [0, 0.1) is 5.92 Å². The van der Waals surface area contributed by atoms with Gasteiger partial charge in [0.15, 0.2) is 0 Å². The first kappa shape index (κ1) is 16.3. The lowest BCUT2D eigenvalue weighted by atomic mass is 10.1. The van der Waals surface area contributed by atoms with Crippen LogP contribution in [-0.4, -0.2) is 27.0 Å². The largest absolute Gasteiger partial charge is 0.497 e. The lowest BCUT2D eigenvalue weighted by Crippen LogP contribution is -2.22. The quantitative estimate of drug-likeness (QED) is 0.911. The summed E-state index contributed by atoms with van der Waals surface area (Å²) in [7, 11) is 0.693. The van der Waals surface area contributed by atoms with Gasteiger partial charge in [0, 0.05) is 22.3 Å². The Morgan fingerprint density at radius 3 is 2.64 bits per heavy atom. The molecule has 4 rings (SSSR count). The monoisotopic (exact) mass is 359 g/mol. The summed E-state index contributed by atoms with van der Waals surface area (Å²) in [6.07, 6.45) is 4.10. The molecule has 0 spiro atoms. The van der Waals surface area contributed by atoms with Crippen LogP contribution in [0.25, 0.3) is 5.69 Å². The normalized spacial score (nSPS) is 19.8. The average Bonchev–Trinajstić information content (AvgIpc) is 3.33. The molecule has 0 saturated heterocycles. The number of hydrogen-bond acceptors (Lipinski definition) is 4. The summed E-state index contributed by atoms with van der Waals surface area (Å²) in [6, 6.07) is 7.54. The number of amides is 1. The average molecular weight is 359 g/mol. The Morgan fingerprint density at radius 1 is 1.24 bits per heavy atom. The Balaban J connectivity index is 1.69. The standard InChI is InChI=1S/C18H21N3O3S/c1-24-14-8-6-13(7-9-14)21-17(15-10-25(23)11-16(15)20-21)19-18(22)12-4-2-3-5-12/h6-9,12H,2-5,10-11H2,1H3,(H,19,22)/t25-/m0/s1. The number of hydrogen-bond donors (Lipinski definition) is 1. The second kappa shape index (κ2) is 6.63. The molecule has 6 nitrogen and oxygen atoms in total. The lowest BCUT2D eigenvalue weighted by Gasteiger charge is -2.14. The number of rotatable bonds is 4. The van der Waals surface area contributed by atoms with Gasteiger partial charge in [-0.3, -0.25) is 9.00 Å². The summed E-state index contributed by atoms with van der Waals surface area (Å²) in [5, 5.41) is 7.69. The van der Waals surface area contributed by atoms with Crippen LogP contribution in [0.2, 0.25) is 0 Å². The van der Waals surface area contributed by atoms with Crippen LogP contribution in [0.15, 0.2) is 24.3 Å². The fourth-order valence-electron chi connectivity index (χ4n) is 3.57. The number of carbonyl (C=O) groups is 1. The van der Waals surface area contributed by atoms with Gasteiger partial charge in [0.25, 0.3) is 0 Å². The molecule has 2 aliphatic rings. The fraction of sp³-hybridized carbons (Fsp3) is 0.444. The van der Waals surface area contributed by atoms with E-state index in [1.165, 1.54) is 0 Å². The number of anilines is 1. The van der Waals surface area contributed by atoms with Crippen molar-refractivity contribution in [1.29, 1.82) is 0 Å². The van der Waals surface area contributed by atoms with Crippen molar-refractivity contribution < 1.29 is 13.7 Å². The van der Waals surface area contributed by atoms with Crippen LogP contribution in [0.3, 0.4) is 0 Å². The number of aromatic nitrogens is 2. The van der Waals surface area contributed by atoms with Crippen molar-refractivity contribution in [2.75, 3.05) is 12.4 Å². The third-order valence-electron chi connectivity index (χ3n) is 4.95. The molecular formula is C18H21N3O3S. The number of benzene rings is 1. The molecule has 1 N–H and O–H groups in total. The van der Waals surface area contributed by atoms with E-state index >= 15 is 0 Å². The van der Waals surface area contributed by atoms with Crippen LogP contribution >= 0.6 is 0 Å². The molecule has 2 heterocycles. The van der Waals surface area contributed by atoms with Gasteiger partial charge < -0.3 is 10.1 Å². The van der Waals surface area contributed by atoms with Gasteiger partial charge in [-0.15, -0.1) is 0 Å². The van der Waals surface area contributed by atoms with E-state index in [1.807, 2.05) is 24.3 Å². The SMILES string of the molecule is COc1ccc(-n2nc3c(c2NC(=O)C2CCCC2)C[S@](=O)C3)cc1. The number of fused-ring (bicyclic) bond motifs is 1. The molecule has 25 heavy (non-hydrogen) atoms. The maximum Gasteiger partial charge on any atom is 0.228 e. The van der Waals surface area contributed by atoms with E-state index in [9.17, 15) is 9.00 Å². The fourth-order valence-corrected chi connectivity index (χ4v) is 4.84. The summed E-state index contributed by atoms with van der Waals surface area (Å²) >= 11 is 0. The highest BCUT2D eigenvalue weighted by Gasteiger charge is 2.30. The third-order valence-corrected chi connectivity index (χ3v) is 6.16. The second-order valence-corrected chi connectivity index (χ2v) is 8.04. The molecular weight excluding hydrogens is 338 g/mol. The highest BCUT2D eigenvalue weighted by molar-refractivity contribution is 7.83. The summed E-state index contributed by atoms with van der Waals surface area (Å²) in [4.78, 5) is 12.6. The first-order chi connectivity index (χ1) is 12.2. The lowest BCUT2D eigenvalue weighted by molar-refractivity contribution is -0.119. The van der Waals surface area contributed by atoms with Crippen molar-refractivity contribution in [3.8, 4) is 11.4 Å². The minimum Gasteiger partial charge on any atom is -0.497 e. The molecule has 0 bridgehead atoms. The number of nitrogens with zero attached hydrogens (tertiary/aromatic N) is 2. The first-order valence-electron chi connectivity index (χ1n) is 8.56. The molecule has 1 aliphatic carbocycles. The van der Waals surface area contributed by atoms with E-state index in [0.717, 1.165) is 48.4 Å². The van der Waals surface area contributed by atoms with E-state index in [4.69, 9.17) is 4.74 Å². The molecule has 1 aliphatic heterocycles. The molecule has 0 radical (unpaired) electrons. The van der Waals surface area contributed by atoms with Crippen molar-refractivity contribution in [2.45, 2.75) is 37.2 Å². The minimum absolute atomic E-state index is 0.0487. The number of nitrogens with one attached hydrogen (secondary N) is 1. The van der Waals surface area contributed by atoms with Gasteiger partial charge in [-0.25, -0.2) is 4.68 Å². The van der Waals surface area contributed by atoms with E-state index in [0.29, 0.717) is 17.3 Å². The third kappa shape index (κ3) is 3.08. The molecule has 7 heteroatoms. The highest BCUT2D eigenvalue weighted by atomic mass is 32.2. The maximum atomic E-state index is 12.6. The molecule has 1 saturated carbocycles. The summed E-state index contributed by atoms with van der Waals surface area (Å²) in [6.45, 7) is 0. The van der Waals surface area contributed by atoms with Crippen molar-refractivity contribution in [2.24, 2.45) is 5.92 Å².